The normalized spacial score (nSPS) is 18.9. The number of amides is 2. The molecule has 4 nitrogen and oxygen atoms in total. The van der Waals surface area contributed by atoms with E-state index in [1.807, 2.05) is 0 Å². The Balaban J connectivity index is 2.04. The van der Waals surface area contributed by atoms with E-state index in [-0.39, 0.29) is 23.9 Å². The predicted molar refractivity (Wildman–Crippen MR) is 55.2 cm³/mol. The highest BCUT2D eigenvalue weighted by molar-refractivity contribution is 5.95. The monoisotopic (exact) mass is 240 g/mol. The Kier molecular flexibility index (Phi) is 3.03. The number of hydrogen-bond acceptors (Lipinski definition) is 2. The van der Waals surface area contributed by atoms with Gasteiger partial charge in [0.2, 0.25) is 5.91 Å². The van der Waals surface area contributed by atoms with Crippen LogP contribution in [0.25, 0.3) is 0 Å². The number of carbonyl (C=O) groups excluding carboxylic acids is 2. The molecule has 0 unspecified atom stereocenters. The maximum absolute atomic E-state index is 12.9. The Hall–Kier alpha value is -1.98. The Morgan fingerprint density at radius 3 is 2.71 bits per heavy atom. The number of hydrogen-bond donors (Lipinski definition) is 2. The Bertz CT molecular complexity index is 477. The summed E-state index contributed by atoms with van der Waals surface area (Å²) in [6, 6.07) is 2.61. The van der Waals surface area contributed by atoms with Crippen molar-refractivity contribution in [1.82, 2.24) is 10.6 Å². The molecule has 1 aliphatic rings. The van der Waals surface area contributed by atoms with Crippen molar-refractivity contribution in [2.75, 3.05) is 6.54 Å². The van der Waals surface area contributed by atoms with Gasteiger partial charge in [-0.3, -0.25) is 9.59 Å². The third kappa shape index (κ3) is 2.58. The van der Waals surface area contributed by atoms with E-state index < -0.39 is 17.5 Å². The van der Waals surface area contributed by atoms with Crippen LogP contribution in [-0.2, 0) is 4.79 Å². The van der Waals surface area contributed by atoms with E-state index in [1.54, 1.807) is 0 Å². The molecule has 1 aliphatic heterocycles. The van der Waals surface area contributed by atoms with Gasteiger partial charge in [-0.1, -0.05) is 0 Å². The maximum Gasteiger partial charge on any atom is 0.251 e. The summed E-state index contributed by atoms with van der Waals surface area (Å²) in [4.78, 5) is 22.5. The molecular formula is C11H10F2N2O2. The summed E-state index contributed by atoms with van der Waals surface area (Å²) in [5.41, 5.74) is 0.0308. The van der Waals surface area contributed by atoms with Crippen molar-refractivity contribution in [2.45, 2.75) is 12.5 Å². The van der Waals surface area contributed by atoms with Gasteiger partial charge in [0.1, 0.15) is 0 Å². The average molecular weight is 240 g/mol. The third-order valence-corrected chi connectivity index (χ3v) is 2.49. The van der Waals surface area contributed by atoms with Crippen molar-refractivity contribution < 1.29 is 18.4 Å². The minimum atomic E-state index is -1.07. The molecule has 17 heavy (non-hydrogen) atoms. The van der Waals surface area contributed by atoms with Crippen molar-refractivity contribution in [1.29, 1.82) is 0 Å². The lowest BCUT2D eigenvalue weighted by Gasteiger charge is -2.10. The van der Waals surface area contributed by atoms with Crippen LogP contribution in [-0.4, -0.2) is 24.4 Å². The lowest BCUT2D eigenvalue weighted by Crippen LogP contribution is -2.36. The molecule has 2 rings (SSSR count). The zero-order valence-corrected chi connectivity index (χ0v) is 8.80. The fourth-order valence-corrected chi connectivity index (χ4v) is 1.61. The molecule has 1 atom stereocenters. The molecular weight excluding hydrogens is 230 g/mol. The standard InChI is InChI=1S/C11H10F2N2O2/c12-8-2-1-6(3-9(8)13)11(17)15-7-4-10(16)14-5-7/h1-3,7H,4-5H2,(H,14,16)(H,15,17)/t7-/m0/s1. The molecule has 1 heterocycles. The lowest BCUT2D eigenvalue weighted by atomic mass is 10.1. The van der Waals surface area contributed by atoms with Crippen molar-refractivity contribution >= 4 is 11.8 Å². The SMILES string of the molecule is O=C1C[C@H](NC(=O)c2ccc(F)c(F)c2)CN1. The molecule has 0 aliphatic carbocycles. The van der Waals surface area contributed by atoms with Crippen molar-refractivity contribution in [3.05, 3.63) is 35.4 Å². The first-order valence-electron chi connectivity index (χ1n) is 5.09. The van der Waals surface area contributed by atoms with Crippen LogP contribution in [0.3, 0.4) is 0 Å². The topological polar surface area (TPSA) is 58.2 Å². The minimum Gasteiger partial charge on any atom is -0.354 e. The zero-order valence-electron chi connectivity index (χ0n) is 8.80. The van der Waals surface area contributed by atoms with Gasteiger partial charge >= 0.3 is 0 Å². The predicted octanol–water partition coefficient (Wildman–Crippen LogP) is 0.583. The smallest absolute Gasteiger partial charge is 0.251 e. The highest BCUT2D eigenvalue weighted by atomic mass is 19.2. The van der Waals surface area contributed by atoms with Crippen LogP contribution in [0.5, 0.6) is 0 Å². The van der Waals surface area contributed by atoms with Crippen LogP contribution >= 0.6 is 0 Å². The summed E-state index contributed by atoms with van der Waals surface area (Å²) in [6.45, 7) is 0.355. The molecule has 1 saturated heterocycles. The van der Waals surface area contributed by atoms with Crippen LogP contribution in [0.4, 0.5) is 8.78 Å². The number of nitrogens with one attached hydrogen (secondary N) is 2. The molecule has 90 valence electrons. The first kappa shape index (κ1) is 11.5. The van der Waals surface area contributed by atoms with Gasteiger partial charge in [-0.2, -0.15) is 0 Å². The Morgan fingerprint density at radius 2 is 2.12 bits per heavy atom. The highest BCUT2D eigenvalue weighted by Crippen LogP contribution is 2.09. The largest absolute Gasteiger partial charge is 0.354 e. The van der Waals surface area contributed by atoms with Gasteiger partial charge in [-0.05, 0) is 18.2 Å². The van der Waals surface area contributed by atoms with Gasteiger partial charge in [0.05, 0.1) is 6.04 Å². The number of rotatable bonds is 2. The second-order valence-corrected chi connectivity index (χ2v) is 3.81. The van der Waals surface area contributed by atoms with E-state index in [0.717, 1.165) is 12.1 Å². The summed E-state index contributed by atoms with van der Waals surface area (Å²) in [7, 11) is 0. The van der Waals surface area contributed by atoms with Crippen LogP contribution < -0.4 is 10.6 Å². The second-order valence-electron chi connectivity index (χ2n) is 3.81. The van der Waals surface area contributed by atoms with E-state index in [4.69, 9.17) is 0 Å². The van der Waals surface area contributed by atoms with Gasteiger partial charge < -0.3 is 10.6 Å². The van der Waals surface area contributed by atoms with Crippen LogP contribution in [0.2, 0.25) is 0 Å². The quantitative estimate of drug-likeness (QED) is 0.794. The maximum atomic E-state index is 12.9. The summed E-state index contributed by atoms with van der Waals surface area (Å²) in [6.07, 6.45) is 0.204. The fourth-order valence-electron chi connectivity index (χ4n) is 1.61. The molecule has 0 aromatic heterocycles. The van der Waals surface area contributed by atoms with Gasteiger partial charge in [-0.25, -0.2) is 8.78 Å². The molecule has 6 heteroatoms. The third-order valence-electron chi connectivity index (χ3n) is 2.49. The average Bonchev–Trinajstić information content (AvgIpc) is 2.68. The number of halogens is 2. The lowest BCUT2D eigenvalue weighted by molar-refractivity contribution is -0.119. The van der Waals surface area contributed by atoms with Gasteiger partial charge in [0.25, 0.3) is 5.91 Å². The summed E-state index contributed by atoms with van der Waals surface area (Å²) >= 11 is 0. The van der Waals surface area contributed by atoms with E-state index in [2.05, 4.69) is 10.6 Å². The summed E-state index contributed by atoms with van der Waals surface area (Å²) in [5.74, 6) is -2.73. The van der Waals surface area contributed by atoms with E-state index in [9.17, 15) is 18.4 Å². The molecule has 0 radical (unpaired) electrons. The zero-order chi connectivity index (χ0) is 12.4. The molecule has 1 aromatic rings. The molecule has 0 spiro atoms. The number of carbonyl (C=O) groups is 2. The fraction of sp³-hybridized carbons (Fsp3) is 0.273. The molecule has 2 N–H and O–H groups in total. The Labute approximate surface area is 96.0 Å². The van der Waals surface area contributed by atoms with Crippen LogP contribution in [0.1, 0.15) is 16.8 Å². The molecule has 0 bridgehead atoms. The van der Waals surface area contributed by atoms with Gasteiger partial charge in [0, 0.05) is 18.5 Å². The second kappa shape index (κ2) is 4.48. The van der Waals surface area contributed by atoms with Crippen molar-refractivity contribution in [3.63, 3.8) is 0 Å². The van der Waals surface area contributed by atoms with E-state index in [0.29, 0.717) is 6.54 Å². The van der Waals surface area contributed by atoms with Crippen LogP contribution in [0, 0.1) is 11.6 Å². The number of benzene rings is 1. The van der Waals surface area contributed by atoms with Gasteiger partial charge in [-0.15, -0.1) is 0 Å². The molecule has 0 saturated carbocycles. The molecule has 1 aromatic carbocycles. The summed E-state index contributed by atoms with van der Waals surface area (Å²) in [5, 5.41) is 5.12. The minimum absolute atomic E-state index is 0.0308. The first-order chi connectivity index (χ1) is 8.06. The van der Waals surface area contributed by atoms with E-state index >= 15 is 0 Å². The Morgan fingerprint density at radius 1 is 1.35 bits per heavy atom. The van der Waals surface area contributed by atoms with Crippen molar-refractivity contribution in [3.8, 4) is 0 Å². The summed E-state index contributed by atoms with van der Waals surface area (Å²) < 4.78 is 25.6. The van der Waals surface area contributed by atoms with Crippen LogP contribution in [0.15, 0.2) is 18.2 Å². The molecule has 2 amide bonds. The van der Waals surface area contributed by atoms with Crippen molar-refractivity contribution in [2.24, 2.45) is 0 Å². The highest BCUT2D eigenvalue weighted by Gasteiger charge is 2.23. The first-order valence-corrected chi connectivity index (χ1v) is 5.09. The molecule has 1 fully saturated rings. The van der Waals surface area contributed by atoms with E-state index in [1.165, 1.54) is 6.07 Å². The van der Waals surface area contributed by atoms with Gasteiger partial charge in [0.15, 0.2) is 11.6 Å².